The van der Waals surface area contributed by atoms with Crippen LogP contribution in [0.15, 0.2) is 24.3 Å². The smallest absolute Gasteiger partial charge is 0.121 e. The van der Waals surface area contributed by atoms with Crippen molar-refractivity contribution in [3.8, 4) is 5.75 Å². The highest BCUT2D eigenvalue weighted by Gasteiger charge is 2.02. The van der Waals surface area contributed by atoms with Gasteiger partial charge in [0.05, 0.1) is 13.2 Å². The SMILES string of the molecule is CCCCCCCCOc1ccc2cc(CO)[nH]c2c1. The van der Waals surface area contributed by atoms with Crippen molar-refractivity contribution in [2.45, 2.75) is 52.1 Å². The van der Waals surface area contributed by atoms with E-state index in [0.29, 0.717) is 0 Å². The second-order valence-electron chi connectivity index (χ2n) is 5.32. The number of aromatic amines is 1. The molecule has 1 aromatic heterocycles. The van der Waals surface area contributed by atoms with Gasteiger partial charge in [0, 0.05) is 22.7 Å². The van der Waals surface area contributed by atoms with Gasteiger partial charge in [-0.25, -0.2) is 0 Å². The predicted octanol–water partition coefficient (Wildman–Crippen LogP) is 4.40. The first-order chi connectivity index (χ1) is 9.83. The summed E-state index contributed by atoms with van der Waals surface area (Å²) in [6.45, 7) is 3.07. The largest absolute Gasteiger partial charge is 0.494 e. The normalized spacial score (nSPS) is 11.1. The highest BCUT2D eigenvalue weighted by Crippen LogP contribution is 2.21. The Hall–Kier alpha value is -1.48. The van der Waals surface area contributed by atoms with E-state index in [1.165, 1.54) is 32.1 Å². The molecule has 0 spiro atoms. The van der Waals surface area contributed by atoms with Gasteiger partial charge in [0.1, 0.15) is 5.75 Å². The van der Waals surface area contributed by atoms with Crippen LogP contribution >= 0.6 is 0 Å². The number of aliphatic hydroxyl groups excluding tert-OH is 1. The van der Waals surface area contributed by atoms with Gasteiger partial charge in [-0.1, -0.05) is 39.0 Å². The zero-order valence-corrected chi connectivity index (χ0v) is 12.3. The molecule has 0 unspecified atom stereocenters. The summed E-state index contributed by atoms with van der Waals surface area (Å²) in [5.74, 6) is 0.900. The van der Waals surface area contributed by atoms with Gasteiger partial charge >= 0.3 is 0 Å². The summed E-state index contributed by atoms with van der Waals surface area (Å²) in [7, 11) is 0. The van der Waals surface area contributed by atoms with Crippen LogP contribution in [0.4, 0.5) is 0 Å². The Morgan fingerprint density at radius 2 is 1.85 bits per heavy atom. The minimum absolute atomic E-state index is 0.0443. The maximum atomic E-state index is 9.11. The third-order valence-electron chi connectivity index (χ3n) is 3.59. The maximum absolute atomic E-state index is 9.11. The van der Waals surface area contributed by atoms with Crippen molar-refractivity contribution in [1.29, 1.82) is 0 Å². The Labute approximate surface area is 121 Å². The summed E-state index contributed by atoms with van der Waals surface area (Å²) in [4.78, 5) is 3.18. The molecule has 0 bridgehead atoms. The lowest BCUT2D eigenvalue weighted by Crippen LogP contribution is -1.97. The van der Waals surface area contributed by atoms with Crippen LogP contribution in [-0.4, -0.2) is 16.7 Å². The Morgan fingerprint density at radius 1 is 1.05 bits per heavy atom. The number of aromatic nitrogens is 1. The zero-order valence-electron chi connectivity index (χ0n) is 12.3. The summed E-state index contributed by atoms with van der Waals surface area (Å²) >= 11 is 0. The van der Waals surface area contributed by atoms with Gasteiger partial charge in [-0.05, 0) is 24.6 Å². The van der Waals surface area contributed by atoms with Crippen LogP contribution < -0.4 is 4.74 Å². The third kappa shape index (κ3) is 4.27. The van der Waals surface area contributed by atoms with E-state index < -0.39 is 0 Å². The number of ether oxygens (including phenoxy) is 1. The minimum atomic E-state index is 0.0443. The summed E-state index contributed by atoms with van der Waals surface area (Å²) < 4.78 is 5.78. The highest BCUT2D eigenvalue weighted by atomic mass is 16.5. The Balaban J connectivity index is 1.75. The highest BCUT2D eigenvalue weighted by molar-refractivity contribution is 5.81. The molecule has 3 heteroatoms. The molecule has 3 nitrogen and oxygen atoms in total. The van der Waals surface area contributed by atoms with Gasteiger partial charge in [0.15, 0.2) is 0 Å². The van der Waals surface area contributed by atoms with E-state index in [-0.39, 0.29) is 6.61 Å². The second kappa shape index (κ2) is 7.95. The summed E-state index contributed by atoms with van der Waals surface area (Å²) in [6, 6.07) is 7.99. The monoisotopic (exact) mass is 275 g/mol. The molecular formula is C17H25NO2. The molecule has 0 atom stereocenters. The predicted molar refractivity (Wildman–Crippen MR) is 83.1 cm³/mol. The van der Waals surface area contributed by atoms with Crippen LogP contribution in [0.1, 0.15) is 51.1 Å². The fourth-order valence-corrected chi connectivity index (χ4v) is 2.41. The fourth-order valence-electron chi connectivity index (χ4n) is 2.41. The molecule has 20 heavy (non-hydrogen) atoms. The molecule has 0 aliphatic rings. The van der Waals surface area contributed by atoms with E-state index in [1.54, 1.807) is 0 Å². The number of H-pyrrole nitrogens is 1. The van der Waals surface area contributed by atoms with Gasteiger partial charge in [-0.15, -0.1) is 0 Å². The van der Waals surface area contributed by atoms with Crippen LogP contribution in [0.25, 0.3) is 10.9 Å². The van der Waals surface area contributed by atoms with Crippen molar-refractivity contribution in [3.63, 3.8) is 0 Å². The molecular weight excluding hydrogens is 250 g/mol. The molecule has 0 amide bonds. The van der Waals surface area contributed by atoms with Crippen molar-refractivity contribution in [2.24, 2.45) is 0 Å². The van der Waals surface area contributed by atoms with Crippen LogP contribution in [0, 0.1) is 0 Å². The Bertz CT molecular complexity index is 519. The minimum Gasteiger partial charge on any atom is -0.494 e. The van der Waals surface area contributed by atoms with Crippen LogP contribution in [-0.2, 0) is 6.61 Å². The standard InChI is InChI=1S/C17H25NO2/c1-2-3-4-5-6-7-10-20-16-9-8-14-11-15(13-19)18-17(14)12-16/h8-9,11-12,18-19H,2-7,10,13H2,1H3. The number of unbranched alkanes of at least 4 members (excludes halogenated alkanes) is 5. The summed E-state index contributed by atoms with van der Waals surface area (Å²) in [5.41, 5.74) is 1.86. The van der Waals surface area contributed by atoms with Crippen LogP contribution in [0.5, 0.6) is 5.75 Å². The molecule has 110 valence electrons. The average molecular weight is 275 g/mol. The molecule has 1 aromatic carbocycles. The molecule has 0 fully saturated rings. The number of benzene rings is 1. The number of aliphatic hydroxyl groups is 1. The topological polar surface area (TPSA) is 45.2 Å². The van der Waals surface area contributed by atoms with E-state index in [9.17, 15) is 0 Å². The number of hydrogen-bond acceptors (Lipinski definition) is 2. The van der Waals surface area contributed by atoms with E-state index in [2.05, 4.69) is 11.9 Å². The summed E-state index contributed by atoms with van der Waals surface area (Å²) in [6.07, 6.45) is 7.66. The van der Waals surface area contributed by atoms with Gasteiger partial charge in [0.25, 0.3) is 0 Å². The van der Waals surface area contributed by atoms with E-state index in [0.717, 1.165) is 35.4 Å². The maximum Gasteiger partial charge on any atom is 0.121 e. The average Bonchev–Trinajstić information content (AvgIpc) is 2.88. The molecule has 1 heterocycles. The fraction of sp³-hybridized carbons (Fsp3) is 0.529. The van der Waals surface area contributed by atoms with Crippen LogP contribution in [0.2, 0.25) is 0 Å². The Kier molecular flexibility index (Phi) is 5.93. The van der Waals surface area contributed by atoms with E-state index >= 15 is 0 Å². The van der Waals surface area contributed by atoms with Crippen molar-refractivity contribution in [3.05, 3.63) is 30.0 Å². The van der Waals surface area contributed by atoms with Gasteiger partial charge in [-0.2, -0.15) is 0 Å². The molecule has 2 aromatic rings. The summed E-state index contributed by atoms with van der Waals surface area (Å²) in [5, 5.41) is 10.2. The van der Waals surface area contributed by atoms with Gasteiger partial charge < -0.3 is 14.8 Å². The zero-order chi connectivity index (χ0) is 14.2. The molecule has 0 saturated carbocycles. The van der Waals surface area contributed by atoms with Crippen molar-refractivity contribution in [2.75, 3.05) is 6.61 Å². The lowest BCUT2D eigenvalue weighted by Gasteiger charge is -2.06. The number of nitrogens with one attached hydrogen (secondary N) is 1. The van der Waals surface area contributed by atoms with Gasteiger partial charge in [0.2, 0.25) is 0 Å². The molecule has 0 aliphatic heterocycles. The van der Waals surface area contributed by atoms with E-state index in [4.69, 9.17) is 9.84 Å². The van der Waals surface area contributed by atoms with E-state index in [1.807, 2.05) is 24.3 Å². The van der Waals surface area contributed by atoms with Gasteiger partial charge in [-0.3, -0.25) is 0 Å². The number of hydrogen-bond donors (Lipinski definition) is 2. The Morgan fingerprint density at radius 3 is 2.65 bits per heavy atom. The first kappa shape index (κ1) is 14.9. The molecule has 2 rings (SSSR count). The first-order valence-electron chi connectivity index (χ1n) is 7.69. The number of rotatable bonds is 9. The lowest BCUT2D eigenvalue weighted by atomic mass is 10.1. The third-order valence-corrected chi connectivity index (χ3v) is 3.59. The van der Waals surface area contributed by atoms with Crippen molar-refractivity contribution < 1.29 is 9.84 Å². The number of fused-ring (bicyclic) bond motifs is 1. The molecule has 0 aliphatic carbocycles. The van der Waals surface area contributed by atoms with Crippen LogP contribution in [0.3, 0.4) is 0 Å². The van der Waals surface area contributed by atoms with Crippen molar-refractivity contribution in [1.82, 2.24) is 4.98 Å². The molecule has 0 saturated heterocycles. The second-order valence-corrected chi connectivity index (χ2v) is 5.32. The quantitative estimate of drug-likeness (QED) is 0.666. The molecule has 2 N–H and O–H groups in total. The lowest BCUT2D eigenvalue weighted by molar-refractivity contribution is 0.278. The molecule has 0 radical (unpaired) electrons. The van der Waals surface area contributed by atoms with Crippen molar-refractivity contribution >= 4 is 10.9 Å². The first-order valence-corrected chi connectivity index (χ1v) is 7.69.